The van der Waals surface area contributed by atoms with Gasteiger partial charge in [-0.2, -0.15) is 8.78 Å². The van der Waals surface area contributed by atoms with Crippen molar-refractivity contribution in [1.82, 2.24) is 0 Å². The van der Waals surface area contributed by atoms with Crippen LogP contribution < -0.4 is 0 Å². The lowest BCUT2D eigenvalue weighted by Crippen LogP contribution is -2.49. The highest BCUT2D eigenvalue weighted by Gasteiger charge is 2.57. The van der Waals surface area contributed by atoms with E-state index < -0.39 is 5.92 Å². The van der Waals surface area contributed by atoms with Gasteiger partial charge >= 0.3 is 5.92 Å². The second kappa shape index (κ2) is 6.71. The minimum absolute atomic E-state index is 0.118. The van der Waals surface area contributed by atoms with Gasteiger partial charge in [0.1, 0.15) is 6.10 Å². The molecule has 4 aliphatic rings. The maximum atomic E-state index is 13.7. The molecule has 4 aliphatic carbocycles. The van der Waals surface area contributed by atoms with Crippen LogP contribution in [0.1, 0.15) is 79.1 Å². The van der Waals surface area contributed by atoms with Crippen molar-refractivity contribution in [2.45, 2.75) is 91.1 Å². The number of halogens is 2. The van der Waals surface area contributed by atoms with Crippen molar-refractivity contribution in [1.29, 1.82) is 0 Å². The van der Waals surface area contributed by atoms with E-state index in [1.807, 2.05) is 0 Å². The first-order valence-electron chi connectivity index (χ1n) is 11.2. The Hall–Kier alpha value is -1.12. The van der Waals surface area contributed by atoms with Gasteiger partial charge < -0.3 is 4.74 Å². The molecule has 28 heavy (non-hydrogen) atoms. The molecule has 3 saturated carbocycles. The summed E-state index contributed by atoms with van der Waals surface area (Å²) in [5, 5.41) is 0. The van der Waals surface area contributed by atoms with Crippen LogP contribution in [0.15, 0.2) is 35.6 Å². The van der Waals surface area contributed by atoms with E-state index in [9.17, 15) is 8.78 Å². The fraction of sp³-hybridized carbons (Fsp3) is 0.760. The number of hydrogen-bond acceptors (Lipinski definition) is 1. The molecule has 0 aliphatic heterocycles. The number of fused-ring (bicyclic) bond motifs is 5. The molecule has 0 bridgehead atoms. The quantitative estimate of drug-likeness (QED) is 0.359. The SMILES string of the molecule is C=C1CCC2C3CC=C4CC(O/C(=C/C)C(C)(F)F)CCC4(C)C3CCC12C. The Morgan fingerprint density at radius 2 is 1.86 bits per heavy atom. The summed E-state index contributed by atoms with van der Waals surface area (Å²) < 4.78 is 33.3. The van der Waals surface area contributed by atoms with Gasteiger partial charge in [-0.05, 0) is 86.5 Å². The molecular weight excluding hydrogens is 354 g/mol. The number of ether oxygens (including phenoxy) is 1. The molecule has 0 heterocycles. The lowest BCUT2D eigenvalue weighted by Gasteiger charge is -2.57. The predicted molar refractivity (Wildman–Crippen MR) is 110 cm³/mol. The van der Waals surface area contributed by atoms with Gasteiger partial charge in [0.2, 0.25) is 0 Å². The summed E-state index contributed by atoms with van der Waals surface area (Å²) in [6.07, 6.45) is 12.7. The van der Waals surface area contributed by atoms with Gasteiger partial charge in [-0.1, -0.05) is 37.6 Å². The predicted octanol–water partition coefficient (Wildman–Crippen LogP) is 7.45. The first-order valence-corrected chi connectivity index (χ1v) is 11.2. The maximum Gasteiger partial charge on any atom is 0.301 e. The number of rotatable bonds is 3. The van der Waals surface area contributed by atoms with Crippen molar-refractivity contribution in [2.75, 3.05) is 0 Å². The zero-order chi connectivity index (χ0) is 20.3. The summed E-state index contributed by atoms with van der Waals surface area (Å²) >= 11 is 0. The molecule has 0 spiro atoms. The number of alkyl halides is 2. The molecule has 156 valence electrons. The topological polar surface area (TPSA) is 9.23 Å². The van der Waals surface area contributed by atoms with E-state index in [4.69, 9.17) is 4.74 Å². The number of allylic oxidation sites excluding steroid dienone is 4. The molecule has 1 nitrogen and oxygen atoms in total. The fourth-order valence-corrected chi connectivity index (χ4v) is 7.24. The molecule has 0 saturated heterocycles. The lowest BCUT2D eigenvalue weighted by atomic mass is 9.48. The average molecular weight is 391 g/mol. The third-order valence-corrected chi connectivity index (χ3v) is 9.00. The second-order valence-electron chi connectivity index (χ2n) is 10.4. The molecule has 3 heteroatoms. The van der Waals surface area contributed by atoms with Gasteiger partial charge in [-0.15, -0.1) is 0 Å². The Bertz CT molecular complexity index is 715. The van der Waals surface area contributed by atoms with Gasteiger partial charge in [0.05, 0.1) is 0 Å². The minimum Gasteiger partial charge on any atom is -0.488 e. The van der Waals surface area contributed by atoms with E-state index in [0.29, 0.717) is 5.41 Å². The van der Waals surface area contributed by atoms with E-state index in [0.717, 1.165) is 50.4 Å². The highest BCUT2D eigenvalue weighted by atomic mass is 19.3. The Balaban J connectivity index is 1.53. The van der Waals surface area contributed by atoms with Crippen molar-refractivity contribution in [3.8, 4) is 0 Å². The van der Waals surface area contributed by atoms with Crippen LogP contribution in [0.2, 0.25) is 0 Å². The van der Waals surface area contributed by atoms with Gasteiger partial charge in [-0.25, -0.2) is 0 Å². The van der Waals surface area contributed by atoms with Crippen LogP contribution in [-0.4, -0.2) is 12.0 Å². The van der Waals surface area contributed by atoms with Gasteiger partial charge in [-0.3, -0.25) is 0 Å². The molecule has 0 N–H and O–H groups in total. The normalized spacial score (nSPS) is 43.7. The molecule has 0 radical (unpaired) electrons. The Labute approximate surface area is 169 Å². The fourth-order valence-electron chi connectivity index (χ4n) is 7.24. The first kappa shape index (κ1) is 20.2. The molecule has 0 aromatic rings. The van der Waals surface area contributed by atoms with E-state index in [1.165, 1.54) is 42.9 Å². The van der Waals surface area contributed by atoms with Crippen LogP contribution in [0.3, 0.4) is 0 Å². The third kappa shape index (κ3) is 2.99. The Morgan fingerprint density at radius 1 is 1.18 bits per heavy atom. The van der Waals surface area contributed by atoms with Gasteiger partial charge in [0.15, 0.2) is 5.76 Å². The van der Waals surface area contributed by atoms with Crippen LogP contribution in [0.4, 0.5) is 8.78 Å². The highest BCUT2D eigenvalue weighted by molar-refractivity contribution is 5.28. The van der Waals surface area contributed by atoms with E-state index >= 15 is 0 Å². The summed E-state index contributed by atoms with van der Waals surface area (Å²) in [5.74, 6) is -0.814. The van der Waals surface area contributed by atoms with Crippen molar-refractivity contribution in [3.05, 3.63) is 35.6 Å². The molecular formula is C25H36F2O. The second-order valence-corrected chi connectivity index (χ2v) is 10.4. The Kier molecular flexibility index (Phi) is 4.83. The van der Waals surface area contributed by atoms with Crippen LogP contribution in [0.5, 0.6) is 0 Å². The molecule has 0 amide bonds. The van der Waals surface area contributed by atoms with Crippen LogP contribution in [-0.2, 0) is 4.74 Å². The van der Waals surface area contributed by atoms with Gasteiger partial charge in [0, 0.05) is 13.3 Å². The van der Waals surface area contributed by atoms with Crippen molar-refractivity contribution in [2.24, 2.45) is 28.6 Å². The lowest BCUT2D eigenvalue weighted by molar-refractivity contribution is -0.0572. The van der Waals surface area contributed by atoms with Crippen molar-refractivity contribution < 1.29 is 13.5 Å². The minimum atomic E-state index is -2.90. The van der Waals surface area contributed by atoms with E-state index in [2.05, 4.69) is 26.5 Å². The number of hydrogen-bond donors (Lipinski definition) is 0. The van der Waals surface area contributed by atoms with Crippen LogP contribution in [0, 0.1) is 28.6 Å². The summed E-state index contributed by atoms with van der Waals surface area (Å²) in [6.45, 7) is 11.9. The average Bonchev–Trinajstić information content (AvgIpc) is 2.94. The van der Waals surface area contributed by atoms with Crippen molar-refractivity contribution >= 4 is 0 Å². The molecule has 6 unspecified atom stereocenters. The Morgan fingerprint density at radius 3 is 2.54 bits per heavy atom. The standard InChI is InChI=1S/C25H36F2O/c1-6-22(25(5,26)27)28-18-11-13-24(4)17(15-18)8-9-19-20-10-7-16(2)23(20,3)14-12-21(19)24/h6,8,18-21H,2,7,9-15H2,1,3-5H3/b22-6+. The molecule has 3 fully saturated rings. The van der Waals surface area contributed by atoms with E-state index in [-0.39, 0.29) is 17.3 Å². The smallest absolute Gasteiger partial charge is 0.301 e. The summed E-state index contributed by atoms with van der Waals surface area (Å²) in [7, 11) is 0. The van der Waals surface area contributed by atoms with Crippen molar-refractivity contribution in [3.63, 3.8) is 0 Å². The van der Waals surface area contributed by atoms with Crippen LogP contribution >= 0.6 is 0 Å². The molecule has 0 aromatic carbocycles. The maximum absolute atomic E-state index is 13.7. The highest BCUT2D eigenvalue weighted by Crippen LogP contribution is 2.66. The largest absolute Gasteiger partial charge is 0.488 e. The van der Waals surface area contributed by atoms with Crippen LogP contribution in [0.25, 0.3) is 0 Å². The summed E-state index contributed by atoms with van der Waals surface area (Å²) in [6, 6.07) is 0. The molecule has 4 rings (SSSR count). The zero-order valence-corrected chi connectivity index (χ0v) is 18.0. The zero-order valence-electron chi connectivity index (χ0n) is 18.0. The third-order valence-electron chi connectivity index (χ3n) is 9.00. The van der Waals surface area contributed by atoms with Gasteiger partial charge in [0.25, 0.3) is 0 Å². The van der Waals surface area contributed by atoms with E-state index in [1.54, 1.807) is 6.92 Å². The summed E-state index contributed by atoms with van der Waals surface area (Å²) in [5.41, 5.74) is 3.52. The molecule has 0 aromatic heterocycles. The monoisotopic (exact) mass is 390 g/mol. The molecule has 6 atom stereocenters. The first-order chi connectivity index (χ1) is 13.1. The summed E-state index contributed by atoms with van der Waals surface area (Å²) in [4.78, 5) is 0.